The van der Waals surface area contributed by atoms with Crippen LogP contribution in [0.2, 0.25) is 5.02 Å². The molecule has 1 rings (SSSR count). The molecule has 0 atom stereocenters. The maximum atomic E-state index is 10.4. The first kappa shape index (κ1) is 13.0. The van der Waals surface area contributed by atoms with Gasteiger partial charge in [-0.1, -0.05) is 11.6 Å². The van der Waals surface area contributed by atoms with Crippen molar-refractivity contribution >= 4 is 17.9 Å². The Morgan fingerprint density at radius 1 is 1.19 bits per heavy atom. The van der Waals surface area contributed by atoms with Gasteiger partial charge in [-0.2, -0.15) is 0 Å². The zero-order chi connectivity index (χ0) is 12.3. The Morgan fingerprint density at radius 2 is 1.81 bits per heavy atom. The smallest absolute Gasteiger partial charge is 0.140 e. The molecule has 0 heterocycles. The normalized spacial score (nSPS) is 10.3. The molecule has 3 heteroatoms. The third-order valence-corrected chi connectivity index (χ3v) is 3.51. The predicted molar refractivity (Wildman–Crippen MR) is 66.6 cm³/mol. The van der Waals surface area contributed by atoms with Crippen LogP contribution in [-0.4, -0.2) is 13.4 Å². The van der Waals surface area contributed by atoms with Gasteiger partial charge < -0.3 is 9.53 Å². The van der Waals surface area contributed by atoms with Crippen molar-refractivity contribution in [3.8, 4) is 5.75 Å². The van der Waals surface area contributed by atoms with E-state index in [2.05, 4.69) is 0 Å². The quantitative estimate of drug-likeness (QED) is 0.754. The van der Waals surface area contributed by atoms with E-state index in [1.54, 1.807) is 7.11 Å². The molecule has 88 valence electrons. The molecule has 0 fully saturated rings. The Labute approximate surface area is 102 Å². The molecule has 0 aliphatic heterocycles. The SMILES string of the molecule is COc1c(C)c(C)c(CCC=O)c(C)c1Cl. The Kier molecular flexibility index (Phi) is 4.36. The first-order valence-electron chi connectivity index (χ1n) is 5.30. The Morgan fingerprint density at radius 3 is 2.31 bits per heavy atom. The molecule has 0 amide bonds. The molecule has 0 unspecified atom stereocenters. The van der Waals surface area contributed by atoms with E-state index in [1.807, 2.05) is 20.8 Å². The molecular formula is C13H17ClO2. The van der Waals surface area contributed by atoms with E-state index >= 15 is 0 Å². The number of aldehydes is 1. The van der Waals surface area contributed by atoms with Gasteiger partial charge in [-0.25, -0.2) is 0 Å². The van der Waals surface area contributed by atoms with Gasteiger partial charge in [0.25, 0.3) is 0 Å². The van der Waals surface area contributed by atoms with Crippen LogP contribution in [0.15, 0.2) is 0 Å². The van der Waals surface area contributed by atoms with E-state index in [4.69, 9.17) is 16.3 Å². The van der Waals surface area contributed by atoms with E-state index in [-0.39, 0.29) is 0 Å². The van der Waals surface area contributed by atoms with Gasteiger partial charge in [0.1, 0.15) is 12.0 Å². The average Bonchev–Trinajstić information content (AvgIpc) is 2.27. The lowest BCUT2D eigenvalue weighted by Gasteiger charge is -2.17. The van der Waals surface area contributed by atoms with E-state index < -0.39 is 0 Å². The van der Waals surface area contributed by atoms with E-state index in [9.17, 15) is 4.79 Å². The van der Waals surface area contributed by atoms with Crippen LogP contribution < -0.4 is 4.74 Å². The maximum Gasteiger partial charge on any atom is 0.140 e. The largest absolute Gasteiger partial charge is 0.495 e. The number of hydrogen-bond acceptors (Lipinski definition) is 2. The number of carbonyl (C=O) groups excluding carboxylic acids is 1. The van der Waals surface area contributed by atoms with Crippen molar-refractivity contribution in [2.24, 2.45) is 0 Å². The highest BCUT2D eigenvalue weighted by Crippen LogP contribution is 2.36. The van der Waals surface area contributed by atoms with E-state index in [0.29, 0.717) is 11.4 Å². The molecule has 0 saturated heterocycles. The Bertz CT molecular complexity index is 382. The number of benzene rings is 1. The minimum atomic E-state index is 0.532. The zero-order valence-corrected chi connectivity index (χ0v) is 10.9. The summed E-state index contributed by atoms with van der Waals surface area (Å²) in [7, 11) is 1.62. The second kappa shape index (κ2) is 5.35. The van der Waals surface area contributed by atoms with Crippen LogP contribution in [0.3, 0.4) is 0 Å². The lowest BCUT2D eigenvalue weighted by Crippen LogP contribution is -2.01. The first-order chi connectivity index (χ1) is 7.54. The summed E-state index contributed by atoms with van der Waals surface area (Å²) >= 11 is 6.24. The second-order valence-corrected chi connectivity index (χ2v) is 4.28. The van der Waals surface area contributed by atoms with E-state index in [1.165, 1.54) is 5.56 Å². The summed E-state index contributed by atoms with van der Waals surface area (Å²) in [6, 6.07) is 0. The topological polar surface area (TPSA) is 26.3 Å². The van der Waals surface area contributed by atoms with Gasteiger partial charge in [0.15, 0.2) is 0 Å². The molecule has 1 aromatic carbocycles. The molecule has 2 nitrogen and oxygen atoms in total. The third-order valence-electron chi connectivity index (χ3n) is 3.05. The first-order valence-corrected chi connectivity index (χ1v) is 5.68. The van der Waals surface area contributed by atoms with Crippen molar-refractivity contribution in [2.45, 2.75) is 33.6 Å². The fraction of sp³-hybridized carbons (Fsp3) is 0.462. The van der Waals surface area contributed by atoms with Crippen LogP contribution in [0.5, 0.6) is 5.75 Å². The highest BCUT2D eigenvalue weighted by Gasteiger charge is 2.15. The van der Waals surface area contributed by atoms with Crippen molar-refractivity contribution < 1.29 is 9.53 Å². The minimum absolute atomic E-state index is 0.532. The molecule has 1 aromatic rings. The van der Waals surface area contributed by atoms with Gasteiger partial charge >= 0.3 is 0 Å². The zero-order valence-electron chi connectivity index (χ0n) is 10.2. The van der Waals surface area contributed by atoms with Gasteiger partial charge in [0.2, 0.25) is 0 Å². The van der Waals surface area contributed by atoms with Crippen LogP contribution >= 0.6 is 11.6 Å². The van der Waals surface area contributed by atoms with Crippen LogP contribution in [0.4, 0.5) is 0 Å². The van der Waals surface area contributed by atoms with Gasteiger partial charge in [-0.05, 0) is 49.4 Å². The molecule has 16 heavy (non-hydrogen) atoms. The minimum Gasteiger partial charge on any atom is -0.495 e. The summed E-state index contributed by atoms with van der Waals surface area (Å²) in [4.78, 5) is 10.4. The number of ether oxygens (including phenoxy) is 1. The average molecular weight is 241 g/mol. The molecular weight excluding hydrogens is 224 g/mol. The highest BCUT2D eigenvalue weighted by molar-refractivity contribution is 6.33. The predicted octanol–water partition coefficient (Wildman–Crippen LogP) is 3.41. The Hall–Kier alpha value is -1.02. The summed E-state index contributed by atoms with van der Waals surface area (Å²) in [5, 5.41) is 0.659. The molecule has 0 spiro atoms. The summed E-state index contributed by atoms with van der Waals surface area (Å²) in [6.07, 6.45) is 2.21. The van der Waals surface area contributed by atoms with Crippen molar-refractivity contribution in [2.75, 3.05) is 7.11 Å². The third kappa shape index (κ3) is 2.22. The van der Waals surface area contributed by atoms with E-state index in [0.717, 1.165) is 35.1 Å². The molecule has 0 aromatic heterocycles. The Balaban J connectivity index is 3.34. The maximum absolute atomic E-state index is 10.4. The summed E-state index contributed by atoms with van der Waals surface area (Å²) in [6.45, 7) is 6.00. The second-order valence-electron chi connectivity index (χ2n) is 3.91. The van der Waals surface area contributed by atoms with Crippen molar-refractivity contribution in [3.05, 3.63) is 27.3 Å². The van der Waals surface area contributed by atoms with Crippen molar-refractivity contribution in [1.82, 2.24) is 0 Å². The lowest BCUT2D eigenvalue weighted by molar-refractivity contribution is -0.107. The molecule has 0 saturated carbocycles. The summed E-state index contributed by atoms with van der Waals surface area (Å²) in [5.41, 5.74) is 4.40. The highest BCUT2D eigenvalue weighted by atomic mass is 35.5. The van der Waals surface area contributed by atoms with Crippen molar-refractivity contribution in [3.63, 3.8) is 0 Å². The molecule has 0 bridgehead atoms. The summed E-state index contributed by atoms with van der Waals surface area (Å²) in [5.74, 6) is 0.742. The fourth-order valence-electron chi connectivity index (χ4n) is 1.97. The van der Waals surface area contributed by atoms with Gasteiger partial charge in [0, 0.05) is 6.42 Å². The number of carbonyl (C=O) groups is 1. The number of methoxy groups -OCH3 is 1. The van der Waals surface area contributed by atoms with Crippen LogP contribution in [0, 0.1) is 20.8 Å². The van der Waals surface area contributed by atoms with Gasteiger partial charge in [0.05, 0.1) is 12.1 Å². The standard InChI is InChI=1S/C13H17ClO2/c1-8-9(2)13(16-4)12(14)10(3)11(8)6-5-7-15/h7H,5-6H2,1-4H3. The molecule has 0 radical (unpaired) electrons. The summed E-state index contributed by atoms with van der Waals surface area (Å²) < 4.78 is 5.30. The molecule has 0 aliphatic carbocycles. The number of rotatable bonds is 4. The molecule has 0 N–H and O–H groups in total. The fourth-order valence-corrected chi connectivity index (χ4v) is 2.30. The van der Waals surface area contributed by atoms with Gasteiger partial charge in [-0.3, -0.25) is 0 Å². The lowest BCUT2D eigenvalue weighted by atomic mass is 9.94. The van der Waals surface area contributed by atoms with Crippen LogP contribution in [-0.2, 0) is 11.2 Å². The number of halogens is 1. The monoisotopic (exact) mass is 240 g/mol. The number of hydrogen-bond donors (Lipinski definition) is 0. The molecule has 0 aliphatic rings. The van der Waals surface area contributed by atoms with Crippen LogP contribution in [0.1, 0.15) is 28.7 Å². The van der Waals surface area contributed by atoms with Gasteiger partial charge in [-0.15, -0.1) is 0 Å². The van der Waals surface area contributed by atoms with Crippen molar-refractivity contribution in [1.29, 1.82) is 0 Å². The van der Waals surface area contributed by atoms with Crippen LogP contribution in [0.25, 0.3) is 0 Å².